The molecule has 2 aromatic heterocycles. The lowest BCUT2D eigenvalue weighted by molar-refractivity contribution is 0.0946. The second-order valence-electron chi connectivity index (χ2n) is 5.86. The van der Waals surface area contributed by atoms with Crippen LogP contribution in [0.5, 0.6) is 0 Å². The van der Waals surface area contributed by atoms with Crippen molar-refractivity contribution in [3.63, 3.8) is 0 Å². The fourth-order valence-electron chi connectivity index (χ4n) is 2.61. The Balaban J connectivity index is 1.77. The zero-order chi connectivity index (χ0) is 18.4. The number of carbonyl (C=O) groups excluding carboxylic acids is 1. The van der Waals surface area contributed by atoms with Gasteiger partial charge in [-0.3, -0.25) is 9.78 Å². The minimum Gasteiger partial charge on any atom is -0.347 e. The summed E-state index contributed by atoms with van der Waals surface area (Å²) in [5, 5.41) is 2.87. The number of benzene rings is 1. The van der Waals surface area contributed by atoms with Crippen molar-refractivity contribution < 1.29 is 4.79 Å². The molecule has 3 aromatic rings. The van der Waals surface area contributed by atoms with E-state index in [-0.39, 0.29) is 5.91 Å². The molecule has 0 atom stereocenters. The summed E-state index contributed by atoms with van der Waals surface area (Å²) < 4.78 is 0. The highest BCUT2D eigenvalue weighted by atomic mass is 16.1. The first-order chi connectivity index (χ1) is 12.7. The lowest BCUT2D eigenvalue weighted by atomic mass is 10.2. The van der Waals surface area contributed by atoms with Gasteiger partial charge in [0, 0.05) is 37.4 Å². The van der Waals surface area contributed by atoms with E-state index in [2.05, 4.69) is 26.3 Å². The monoisotopic (exact) mass is 347 g/mol. The molecule has 0 aliphatic rings. The molecule has 132 valence electrons. The minimum absolute atomic E-state index is 0.231. The normalized spacial score (nSPS) is 10.4. The lowest BCUT2D eigenvalue weighted by Crippen LogP contribution is -2.25. The molecule has 0 fully saturated rings. The summed E-state index contributed by atoms with van der Waals surface area (Å²) in [6, 6.07) is 13.5. The van der Waals surface area contributed by atoms with E-state index in [4.69, 9.17) is 0 Å². The number of aryl methyl sites for hydroxylation is 1. The Bertz CT molecular complexity index is 882. The predicted molar refractivity (Wildman–Crippen MR) is 101 cm³/mol. The standard InChI is InChI=1S/C20H21N5O/c1-3-25(17-6-4-5-15(2)13-17)20-22-12-9-18(24-20)19(26)23-14-16-7-10-21-11-8-16/h4-13H,3,14H2,1-2H3,(H,23,26). The molecule has 6 heteroatoms. The maximum atomic E-state index is 12.4. The van der Waals surface area contributed by atoms with E-state index in [0.717, 1.165) is 16.8 Å². The van der Waals surface area contributed by atoms with E-state index in [1.165, 1.54) is 0 Å². The number of anilines is 2. The summed E-state index contributed by atoms with van der Waals surface area (Å²) in [5.41, 5.74) is 3.49. The number of amides is 1. The van der Waals surface area contributed by atoms with Gasteiger partial charge in [0.05, 0.1) is 0 Å². The van der Waals surface area contributed by atoms with Gasteiger partial charge in [-0.25, -0.2) is 9.97 Å². The Morgan fingerprint density at radius 3 is 2.65 bits per heavy atom. The molecule has 1 aromatic carbocycles. The topological polar surface area (TPSA) is 71.0 Å². The van der Waals surface area contributed by atoms with E-state index in [0.29, 0.717) is 24.7 Å². The van der Waals surface area contributed by atoms with Crippen molar-refractivity contribution in [2.75, 3.05) is 11.4 Å². The van der Waals surface area contributed by atoms with Crippen molar-refractivity contribution >= 4 is 17.5 Å². The fraction of sp³-hybridized carbons (Fsp3) is 0.200. The van der Waals surface area contributed by atoms with Crippen molar-refractivity contribution in [2.24, 2.45) is 0 Å². The SMILES string of the molecule is CCN(c1cccc(C)c1)c1nccc(C(=O)NCc2ccncc2)n1. The average Bonchev–Trinajstić information content (AvgIpc) is 2.68. The minimum atomic E-state index is -0.231. The van der Waals surface area contributed by atoms with Crippen LogP contribution in [0.3, 0.4) is 0 Å². The third kappa shape index (κ3) is 4.22. The van der Waals surface area contributed by atoms with Gasteiger partial charge >= 0.3 is 0 Å². The van der Waals surface area contributed by atoms with Gasteiger partial charge in [-0.15, -0.1) is 0 Å². The molecule has 2 heterocycles. The maximum absolute atomic E-state index is 12.4. The Kier molecular flexibility index (Phi) is 5.53. The first-order valence-electron chi connectivity index (χ1n) is 8.51. The van der Waals surface area contributed by atoms with Crippen LogP contribution in [0.1, 0.15) is 28.5 Å². The summed E-state index contributed by atoms with van der Waals surface area (Å²) in [4.78, 5) is 27.2. The Hall–Kier alpha value is -3.28. The fourth-order valence-corrected chi connectivity index (χ4v) is 2.61. The van der Waals surface area contributed by atoms with Crippen LogP contribution in [-0.4, -0.2) is 27.4 Å². The van der Waals surface area contributed by atoms with Crippen molar-refractivity contribution in [1.82, 2.24) is 20.3 Å². The molecule has 0 unspecified atom stereocenters. The van der Waals surface area contributed by atoms with Gasteiger partial charge in [-0.2, -0.15) is 0 Å². The van der Waals surface area contributed by atoms with Crippen LogP contribution in [0.15, 0.2) is 61.1 Å². The smallest absolute Gasteiger partial charge is 0.270 e. The highest BCUT2D eigenvalue weighted by Crippen LogP contribution is 2.22. The third-order valence-corrected chi connectivity index (χ3v) is 3.95. The Morgan fingerprint density at radius 1 is 1.12 bits per heavy atom. The van der Waals surface area contributed by atoms with Crippen LogP contribution in [0.25, 0.3) is 0 Å². The Morgan fingerprint density at radius 2 is 1.92 bits per heavy atom. The molecule has 0 spiro atoms. The first kappa shape index (κ1) is 17.5. The maximum Gasteiger partial charge on any atom is 0.270 e. The molecule has 1 amide bonds. The van der Waals surface area contributed by atoms with E-state index in [1.54, 1.807) is 24.7 Å². The molecule has 26 heavy (non-hydrogen) atoms. The number of nitrogens with one attached hydrogen (secondary N) is 1. The summed E-state index contributed by atoms with van der Waals surface area (Å²) in [6.07, 6.45) is 5.01. The van der Waals surface area contributed by atoms with Gasteiger partial charge in [-0.05, 0) is 55.3 Å². The average molecular weight is 347 g/mol. The van der Waals surface area contributed by atoms with Crippen LogP contribution in [-0.2, 0) is 6.54 Å². The molecular formula is C20H21N5O. The second-order valence-corrected chi connectivity index (χ2v) is 5.86. The van der Waals surface area contributed by atoms with Crippen molar-refractivity contribution in [1.29, 1.82) is 0 Å². The molecule has 0 aliphatic heterocycles. The van der Waals surface area contributed by atoms with Crippen molar-refractivity contribution in [2.45, 2.75) is 20.4 Å². The highest BCUT2D eigenvalue weighted by molar-refractivity contribution is 5.92. The molecule has 0 radical (unpaired) electrons. The second kappa shape index (κ2) is 8.20. The number of carbonyl (C=O) groups is 1. The van der Waals surface area contributed by atoms with Crippen LogP contribution < -0.4 is 10.2 Å². The number of rotatable bonds is 6. The summed E-state index contributed by atoms with van der Waals surface area (Å²) in [7, 11) is 0. The van der Waals surface area contributed by atoms with E-state index in [9.17, 15) is 4.79 Å². The third-order valence-electron chi connectivity index (χ3n) is 3.95. The van der Waals surface area contributed by atoms with Gasteiger partial charge in [0.1, 0.15) is 5.69 Å². The van der Waals surface area contributed by atoms with Crippen molar-refractivity contribution in [3.05, 3.63) is 77.9 Å². The van der Waals surface area contributed by atoms with Gasteiger partial charge in [0.25, 0.3) is 5.91 Å². The zero-order valence-electron chi connectivity index (χ0n) is 14.9. The van der Waals surface area contributed by atoms with E-state index in [1.807, 2.05) is 49.1 Å². The predicted octanol–water partition coefficient (Wildman–Crippen LogP) is 3.27. The molecule has 6 nitrogen and oxygen atoms in total. The van der Waals surface area contributed by atoms with Crippen molar-refractivity contribution in [3.8, 4) is 0 Å². The van der Waals surface area contributed by atoms with Crippen LogP contribution in [0, 0.1) is 6.92 Å². The summed E-state index contributed by atoms with van der Waals surface area (Å²) in [6.45, 7) is 5.20. The highest BCUT2D eigenvalue weighted by Gasteiger charge is 2.14. The molecule has 0 saturated heterocycles. The van der Waals surface area contributed by atoms with Crippen LogP contribution in [0.2, 0.25) is 0 Å². The van der Waals surface area contributed by atoms with Gasteiger partial charge < -0.3 is 10.2 Å². The lowest BCUT2D eigenvalue weighted by Gasteiger charge is -2.21. The summed E-state index contributed by atoms with van der Waals surface area (Å²) >= 11 is 0. The molecule has 0 bridgehead atoms. The van der Waals surface area contributed by atoms with Crippen LogP contribution in [0.4, 0.5) is 11.6 Å². The van der Waals surface area contributed by atoms with Gasteiger partial charge in [0.2, 0.25) is 5.95 Å². The van der Waals surface area contributed by atoms with Gasteiger partial charge in [-0.1, -0.05) is 12.1 Å². The molecule has 3 rings (SSSR count). The summed E-state index contributed by atoms with van der Waals surface area (Å²) in [5.74, 6) is 0.278. The number of nitrogens with zero attached hydrogens (tertiary/aromatic N) is 4. The van der Waals surface area contributed by atoms with Gasteiger partial charge in [0.15, 0.2) is 0 Å². The zero-order valence-corrected chi connectivity index (χ0v) is 14.9. The molecule has 0 aliphatic carbocycles. The van der Waals surface area contributed by atoms with E-state index >= 15 is 0 Å². The molecular weight excluding hydrogens is 326 g/mol. The van der Waals surface area contributed by atoms with Crippen LogP contribution >= 0.6 is 0 Å². The number of aromatic nitrogens is 3. The Labute approximate surface area is 153 Å². The first-order valence-corrected chi connectivity index (χ1v) is 8.51. The molecule has 1 N–H and O–H groups in total. The number of hydrogen-bond acceptors (Lipinski definition) is 5. The number of hydrogen-bond donors (Lipinski definition) is 1. The molecule has 0 saturated carbocycles. The largest absolute Gasteiger partial charge is 0.347 e. The number of pyridine rings is 1. The quantitative estimate of drug-likeness (QED) is 0.741. The van der Waals surface area contributed by atoms with E-state index < -0.39 is 0 Å².